The summed E-state index contributed by atoms with van der Waals surface area (Å²) in [6, 6.07) is 5.02. The fraction of sp³-hybridized carbons (Fsp3) is 0.467. The van der Waals surface area contributed by atoms with Gasteiger partial charge in [0.2, 0.25) is 5.91 Å². The molecule has 0 unspecified atom stereocenters. The van der Waals surface area contributed by atoms with Crippen molar-refractivity contribution in [3.63, 3.8) is 0 Å². The van der Waals surface area contributed by atoms with E-state index >= 15 is 0 Å². The van der Waals surface area contributed by atoms with Crippen molar-refractivity contribution in [2.24, 2.45) is 5.73 Å². The number of amides is 2. The minimum absolute atomic E-state index is 0.174. The summed E-state index contributed by atoms with van der Waals surface area (Å²) in [4.78, 5) is 25.1. The topological polar surface area (TPSA) is 101 Å². The Morgan fingerprint density at radius 2 is 1.90 bits per heavy atom. The molecule has 0 spiro atoms. The molecule has 114 valence electrons. The van der Waals surface area contributed by atoms with E-state index in [4.69, 9.17) is 11.5 Å². The predicted molar refractivity (Wildman–Crippen MR) is 82.9 cm³/mol. The van der Waals surface area contributed by atoms with Gasteiger partial charge in [0.1, 0.15) is 0 Å². The second-order valence-electron chi connectivity index (χ2n) is 5.28. The number of rotatable bonds is 5. The molecule has 1 aromatic carbocycles. The molecule has 1 heterocycles. The van der Waals surface area contributed by atoms with Crippen molar-refractivity contribution >= 4 is 23.2 Å². The maximum atomic E-state index is 12.0. The first-order valence-electron chi connectivity index (χ1n) is 7.29. The number of likely N-dealkylation sites (tertiary alicyclic amines) is 1. The van der Waals surface area contributed by atoms with E-state index < -0.39 is 5.91 Å². The van der Waals surface area contributed by atoms with E-state index in [0.717, 1.165) is 31.6 Å². The smallest absolute Gasteiger partial charge is 0.250 e. The summed E-state index contributed by atoms with van der Waals surface area (Å²) < 4.78 is 0. The number of nitrogens with one attached hydrogen (secondary N) is 1. The molecule has 1 aromatic rings. The molecule has 21 heavy (non-hydrogen) atoms. The lowest BCUT2D eigenvalue weighted by atomic mass is 10.1. The number of hydrogen-bond acceptors (Lipinski definition) is 4. The molecule has 1 fully saturated rings. The van der Waals surface area contributed by atoms with Crippen LogP contribution in [0.3, 0.4) is 0 Å². The molecule has 1 saturated heterocycles. The third-order valence-electron chi connectivity index (χ3n) is 3.70. The monoisotopic (exact) mass is 290 g/mol. The van der Waals surface area contributed by atoms with E-state index in [1.807, 2.05) is 4.90 Å². The van der Waals surface area contributed by atoms with Crippen LogP contribution in [0.4, 0.5) is 11.4 Å². The van der Waals surface area contributed by atoms with E-state index in [1.165, 1.54) is 6.42 Å². The Hall–Kier alpha value is -2.24. The zero-order valence-electron chi connectivity index (χ0n) is 12.1. The summed E-state index contributed by atoms with van der Waals surface area (Å²) in [5.74, 6) is -0.381. The van der Waals surface area contributed by atoms with Crippen LogP contribution in [-0.4, -0.2) is 36.3 Å². The molecule has 1 aliphatic rings. The van der Waals surface area contributed by atoms with Crippen molar-refractivity contribution < 1.29 is 9.59 Å². The Kier molecular flexibility index (Phi) is 5.03. The fourth-order valence-electron chi connectivity index (χ4n) is 2.49. The minimum atomic E-state index is -0.555. The minimum Gasteiger partial charge on any atom is -0.398 e. The second kappa shape index (κ2) is 6.97. The number of anilines is 2. The van der Waals surface area contributed by atoms with Crippen molar-refractivity contribution in [2.75, 3.05) is 30.7 Å². The average molecular weight is 290 g/mol. The summed E-state index contributed by atoms with van der Waals surface area (Å²) in [5, 5.41) is 3.13. The highest BCUT2D eigenvalue weighted by molar-refractivity contribution is 5.98. The van der Waals surface area contributed by atoms with Gasteiger partial charge in [-0.1, -0.05) is 0 Å². The number of nitrogens with zero attached hydrogens (tertiary/aromatic N) is 1. The van der Waals surface area contributed by atoms with Gasteiger partial charge in [-0.25, -0.2) is 0 Å². The van der Waals surface area contributed by atoms with Gasteiger partial charge in [0.15, 0.2) is 0 Å². The normalized spacial score (nSPS) is 14.8. The molecule has 2 amide bonds. The zero-order valence-corrected chi connectivity index (χ0v) is 12.1. The van der Waals surface area contributed by atoms with Crippen LogP contribution in [0.25, 0.3) is 0 Å². The summed E-state index contributed by atoms with van der Waals surface area (Å²) in [5.41, 5.74) is 12.3. The molecule has 0 bridgehead atoms. The molecule has 0 aromatic heterocycles. The molecule has 5 N–H and O–H groups in total. The van der Waals surface area contributed by atoms with Crippen LogP contribution in [0.15, 0.2) is 18.2 Å². The quantitative estimate of drug-likeness (QED) is 0.709. The lowest BCUT2D eigenvalue weighted by Gasteiger charge is -2.26. The van der Waals surface area contributed by atoms with Crippen molar-refractivity contribution in [1.82, 2.24) is 4.90 Å². The highest BCUT2D eigenvalue weighted by Gasteiger charge is 2.15. The van der Waals surface area contributed by atoms with Gasteiger partial charge in [0, 0.05) is 37.4 Å². The number of benzene rings is 1. The third-order valence-corrected chi connectivity index (χ3v) is 3.70. The van der Waals surface area contributed by atoms with Gasteiger partial charge in [-0.3, -0.25) is 9.59 Å². The number of hydrogen-bond donors (Lipinski definition) is 3. The molecule has 0 atom stereocenters. The Bertz CT molecular complexity index is 524. The van der Waals surface area contributed by atoms with Crippen LogP contribution in [0.5, 0.6) is 0 Å². The fourth-order valence-corrected chi connectivity index (χ4v) is 2.49. The molecule has 2 rings (SSSR count). The van der Waals surface area contributed by atoms with Crippen molar-refractivity contribution in [1.29, 1.82) is 0 Å². The summed E-state index contributed by atoms with van der Waals surface area (Å²) in [6.45, 7) is 2.26. The van der Waals surface area contributed by atoms with Crippen LogP contribution in [0.1, 0.15) is 36.0 Å². The summed E-state index contributed by atoms with van der Waals surface area (Å²) in [7, 11) is 0. The lowest BCUT2D eigenvalue weighted by Crippen LogP contribution is -2.36. The predicted octanol–water partition coefficient (Wildman–Crippen LogP) is 1.18. The molecular formula is C15H22N4O2. The van der Waals surface area contributed by atoms with Gasteiger partial charge in [0.25, 0.3) is 5.91 Å². The summed E-state index contributed by atoms with van der Waals surface area (Å²) >= 11 is 0. The molecule has 0 radical (unpaired) electrons. The SMILES string of the molecule is NC(=O)c1cc(NCCC(=O)N2CCCCC2)ccc1N. The standard InChI is InChI=1S/C15H22N4O2/c16-13-5-4-11(10-12(13)15(17)21)18-7-6-14(20)19-8-2-1-3-9-19/h4-5,10,18H,1-3,6-9,16H2,(H2,17,21). The van der Waals surface area contributed by atoms with E-state index in [9.17, 15) is 9.59 Å². The Morgan fingerprint density at radius 1 is 1.19 bits per heavy atom. The van der Waals surface area contributed by atoms with Crippen molar-refractivity contribution in [3.8, 4) is 0 Å². The Balaban J connectivity index is 1.84. The number of piperidine rings is 1. The van der Waals surface area contributed by atoms with Gasteiger partial charge in [-0.2, -0.15) is 0 Å². The number of nitrogens with two attached hydrogens (primary N) is 2. The molecule has 1 aliphatic heterocycles. The lowest BCUT2D eigenvalue weighted by molar-refractivity contribution is -0.131. The third kappa shape index (κ3) is 4.11. The summed E-state index contributed by atoms with van der Waals surface area (Å²) in [6.07, 6.45) is 3.85. The molecule has 6 heteroatoms. The first-order valence-corrected chi connectivity index (χ1v) is 7.29. The second-order valence-corrected chi connectivity index (χ2v) is 5.28. The molecular weight excluding hydrogens is 268 g/mol. The molecule has 6 nitrogen and oxygen atoms in total. The number of carbonyl (C=O) groups excluding carboxylic acids is 2. The first kappa shape index (κ1) is 15.2. The maximum absolute atomic E-state index is 12.0. The van der Waals surface area contributed by atoms with Crippen LogP contribution in [0.2, 0.25) is 0 Å². The van der Waals surface area contributed by atoms with Crippen LogP contribution >= 0.6 is 0 Å². The molecule has 0 saturated carbocycles. The number of carbonyl (C=O) groups is 2. The van der Waals surface area contributed by atoms with Gasteiger partial charge in [0.05, 0.1) is 5.56 Å². The first-order chi connectivity index (χ1) is 10.1. The Labute approximate surface area is 124 Å². The number of nitrogen functional groups attached to an aromatic ring is 1. The van der Waals surface area contributed by atoms with E-state index in [-0.39, 0.29) is 5.91 Å². The van der Waals surface area contributed by atoms with Crippen LogP contribution < -0.4 is 16.8 Å². The number of primary amides is 1. The van der Waals surface area contributed by atoms with E-state index in [1.54, 1.807) is 18.2 Å². The van der Waals surface area contributed by atoms with Gasteiger partial charge in [-0.15, -0.1) is 0 Å². The van der Waals surface area contributed by atoms with Gasteiger partial charge >= 0.3 is 0 Å². The van der Waals surface area contributed by atoms with Gasteiger partial charge in [-0.05, 0) is 37.5 Å². The maximum Gasteiger partial charge on any atom is 0.250 e. The van der Waals surface area contributed by atoms with Crippen molar-refractivity contribution in [3.05, 3.63) is 23.8 Å². The highest BCUT2D eigenvalue weighted by Crippen LogP contribution is 2.17. The van der Waals surface area contributed by atoms with E-state index in [0.29, 0.717) is 24.2 Å². The van der Waals surface area contributed by atoms with Crippen LogP contribution in [-0.2, 0) is 4.79 Å². The zero-order chi connectivity index (χ0) is 15.2. The largest absolute Gasteiger partial charge is 0.398 e. The van der Waals surface area contributed by atoms with E-state index in [2.05, 4.69) is 5.32 Å². The molecule has 0 aliphatic carbocycles. The Morgan fingerprint density at radius 3 is 2.57 bits per heavy atom. The highest BCUT2D eigenvalue weighted by atomic mass is 16.2. The van der Waals surface area contributed by atoms with Gasteiger partial charge < -0.3 is 21.7 Å². The van der Waals surface area contributed by atoms with Crippen LogP contribution in [0, 0.1) is 0 Å². The van der Waals surface area contributed by atoms with Crippen molar-refractivity contribution in [2.45, 2.75) is 25.7 Å². The average Bonchev–Trinajstić information content (AvgIpc) is 2.49.